The van der Waals surface area contributed by atoms with E-state index in [2.05, 4.69) is 89.8 Å². The van der Waals surface area contributed by atoms with E-state index in [1.165, 1.54) is 17.5 Å². The second kappa shape index (κ2) is 14.2. The Hall–Kier alpha value is -0.894. The van der Waals surface area contributed by atoms with E-state index >= 15 is 0 Å². The van der Waals surface area contributed by atoms with Crippen molar-refractivity contribution in [1.29, 1.82) is 0 Å². The van der Waals surface area contributed by atoms with Gasteiger partial charge in [-0.15, -0.1) is 6.54 Å². The van der Waals surface area contributed by atoms with Crippen LogP contribution >= 0.6 is 0 Å². The third-order valence-corrected chi connectivity index (χ3v) is 4.74. The van der Waals surface area contributed by atoms with Gasteiger partial charge in [-0.05, 0) is 44.7 Å². The summed E-state index contributed by atoms with van der Waals surface area (Å²) in [5.74, 6) is 0.976. The molecule has 3 rings (SSSR count). The Morgan fingerprint density at radius 2 is 2.03 bits per heavy atom. The monoisotopic (exact) mass is 433 g/mol. The van der Waals surface area contributed by atoms with Gasteiger partial charge >= 0.3 is 51.4 Å². The molecular formula is C24H36KN5. The summed E-state index contributed by atoms with van der Waals surface area (Å²) in [5.41, 5.74) is 7.85. The van der Waals surface area contributed by atoms with Crippen molar-refractivity contribution >= 4 is 5.84 Å². The number of allylic oxidation sites excluding steroid dienone is 4. The number of hydrogen-bond acceptors (Lipinski definition) is 4. The summed E-state index contributed by atoms with van der Waals surface area (Å²) in [6, 6.07) is 8.75. The van der Waals surface area contributed by atoms with E-state index in [0.717, 1.165) is 30.3 Å². The van der Waals surface area contributed by atoms with E-state index in [1.807, 2.05) is 20.8 Å². The summed E-state index contributed by atoms with van der Waals surface area (Å²) in [4.78, 5) is 4.54. The topological polar surface area (TPSA) is 45.0 Å². The molecule has 0 aromatic heterocycles. The van der Waals surface area contributed by atoms with Crippen molar-refractivity contribution in [3.8, 4) is 0 Å². The van der Waals surface area contributed by atoms with E-state index in [4.69, 9.17) is 5.32 Å². The first-order valence-corrected chi connectivity index (χ1v) is 10.7. The second-order valence-electron chi connectivity index (χ2n) is 7.24. The Bertz CT molecular complexity index is 782. The summed E-state index contributed by atoms with van der Waals surface area (Å²) in [6.45, 7) is 13.1. The number of amidine groups is 1. The van der Waals surface area contributed by atoms with Crippen molar-refractivity contribution in [3.05, 3.63) is 76.4 Å². The molecule has 1 aromatic rings. The van der Waals surface area contributed by atoms with Gasteiger partial charge in [0.05, 0.1) is 0 Å². The minimum atomic E-state index is 0. The average molecular weight is 434 g/mol. The fourth-order valence-electron chi connectivity index (χ4n) is 3.48. The number of hydrazone groups is 1. The Kier molecular flexibility index (Phi) is 12.9. The Morgan fingerprint density at radius 3 is 2.77 bits per heavy atom. The van der Waals surface area contributed by atoms with Gasteiger partial charge in [-0.25, -0.2) is 0 Å². The summed E-state index contributed by atoms with van der Waals surface area (Å²) < 4.78 is 0. The minimum absolute atomic E-state index is 0. The van der Waals surface area contributed by atoms with Crippen molar-refractivity contribution in [2.24, 2.45) is 5.10 Å². The van der Waals surface area contributed by atoms with E-state index in [0.29, 0.717) is 6.54 Å². The number of hydrogen-bond donors (Lipinski definition) is 1. The van der Waals surface area contributed by atoms with Crippen LogP contribution in [-0.4, -0.2) is 35.4 Å². The zero-order chi connectivity index (χ0) is 21.2. The van der Waals surface area contributed by atoms with Crippen LogP contribution in [-0.2, 0) is 13.1 Å². The second-order valence-corrected chi connectivity index (χ2v) is 7.24. The fraction of sp³-hybridized carbons (Fsp3) is 0.458. The molecule has 0 saturated heterocycles. The predicted molar refractivity (Wildman–Crippen MR) is 124 cm³/mol. The summed E-state index contributed by atoms with van der Waals surface area (Å²) in [5, 5.41) is 9.09. The first-order chi connectivity index (χ1) is 14.1. The number of rotatable bonds is 8. The summed E-state index contributed by atoms with van der Waals surface area (Å²) in [7, 11) is 2.17. The molecule has 1 N–H and O–H groups in total. The van der Waals surface area contributed by atoms with Crippen LogP contribution in [0.2, 0.25) is 0 Å². The minimum Gasteiger partial charge on any atom is -0.684 e. The van der Waals surface area contributed by atoms with Gasteiger partial charge in [0.2, 0.25) is 0 Å². The van der Waals surface area contributed by atoms with Crippen molar-refractivity contribution in [2.75, 3.05) is 13.6 Å². The SMILES string of the molecule is CC.CCCN(C)Cc1cccc(C[N-]/C(C)=C\C2=CC=CC3NN=C(C)N23)c1.[K+]. The summed E-state index contributed by atoms with van der Waals surface area (Å²) in [6.07, 6.45) is 9.69. The van der Waals surface area contributed by atoms with Gasteiger partial charge in [0.1, 0.15) is 12.0 Å². The zero-order valence-electron chi connectivity index (χ0n) is 19.8. The van der Waals surface area contributed by atoms with Crippen LogP contribution in [0.1, 0.15) is 52.2 Å². The van der Waals surface area contributed by atoms with Crippen LogP contribution in [0.25, 0.3) is 5.32 Å². The molecule has 0 spiro atoms. The largest absolute Gasteiger partial charge is 1.00 e. The Labute approximate surface area is 225 Å². The molecule has 2 heterocycles. The van der Waals surface area contributed by atoms with Crippen LogP contribution in [0.15, 0.2) is 65.1 Å². The van der Waals surface area contributed by atoms with Gasteiger partial charge in [-0.1, -0.05) is 69.7 Å². The van der Waals surface area contributed by atoms with Gasteiger partial charge in [0, 0.05) is 12.2 Å². The maximum atomic E-state index is 4.78. The molecule has 2 aliphatic rings. The quantitative estimate of drug-likeness (QED) is 0.640. The first-order valence-electron chi connectivity index (χ1n) is 10.7. The molecule has 1 aromatic carbocycles. The molecule has 0 amide bonds. The maximum Gasteiger partial charge on any atom is 1.00 e. The van der Waals surface area contributed by atoms with E-state index in [1.54, 1.807) is 0 Å². The molecular weight excluding hydrogens is 397 g/mol. The molecule has 0 fully saturated rings. The number of nitrogens with zero attached hydrogens (tertiary/aromatic N) is 4. The van der Waals surface area contributed by atoms with Gasteiger partial charge in [0.25, 0.3) is 0 Å². The van der Waals surface area contributed by atoms with Gasteiger partial charge in [-0.3, -0.25) is 5.43 Å². The van der Waals surface area contributed by atoms with E-state index < -0.39 is 0 Å². The van der Waals surface area contributed by atoms with Crippen molar-refractivity contribution in [3.63, 3.8) is 0 Å². The molecule has 5 nitrogen and oxygen atoms in total. The van der Waals surface area contributed by atoms with Gasteiger partial charge < -0.3 is 15.1 Å². The smallest absolute Gasteiger partial charge is 0.684 e. The Morgan fingerprint density at radius 1 is 1.30 bits per heavy atom. The van der Waals surface area contributed by atoms with Crippen molar-refractivity contribution < 1.29 is 51.4 Å². The van der Waals surface area contributed by atoms with E-state index in [-0.39, 0.29) is 57.6 Å². The molecule has 0 radical (unpaired) electrons. The standard InChI is InChI=1S/C22H30N5.C2H6.K/c1-5-12-26(4)16-20-9-6-8-19(14-20)15-23-17(2)13-21-10-7-11-22-25-24-18(3)27(21)22;1-2;/h6-11,13-14,22,25H,5,12,15-16H2,1-4H3;1-2H3;/q-1;;+1/b17-13-;;. The normalized spacial score (nSPS) is 17.2. The van der Waals surface area contributed by atoms with Crippen molar-refractivity contribution in [2.45, 2.75) is 60.3 Å². The third-order valence-electron chi connectivity index (χ3n) is 4.74. The molecule has 1 unspecified atom stereocenters. The Balaban J connectivity index is 0.00000146. The van der Waals surface area contributed by atoms with Gasteiger partial charge in [0.15, 0.2) is 0 Å². The molecule has 0 bridgehead atoms. The maximum absolute atomic E-state index is 4.78. The van der Waals surface area contributed by atoms with Crippen LogP contribution in [0, 0.1) is 0 Å². The molecule has 30 heavy (non-hydrogen) atoms. The molecule has 2 aliphatic heterocycles. The molecule has 158 valence electrons. The van der Waals surface area contributed by atoms with Crippen LogP contribution in [0.3, 0.4) is 0 Å². The molecule has 0 aliphatic carbocycles. The van der Waals surface area contributed by atoms with Gasteiger partial charge in [-0.2, -0.15) is 10.8 Å². The third kappa shape index (κ3) is 7.98. The number of benzene rings is 1. The fourth-order valence-corrected chi connectivity index (χ4v) is 3.48. The number of fused-ring (bicyclic) bond motifs is 1. The first kappa shape index (κ1) is 27.1. The average Bonchev–Trinajstić information content (AvgIpc) is 3.10. The van der Waals surface area contributed by atoms with Crippen LogP contribution in [0.5, 0.6) is 0 Å². The number of nitrogens with one attached hydrogen (secondary N) is 1. The zero-order valence-corrected chi connectivity index (χ0v) is 22.9. The molecule has 6 heteroatoms. The summed E-state index contributed by atoms with van der Waals surface area (Å²) >= 11 is 0. The predicted octanol–water partition coefficient (Wildman–Crippen LogP) is 2.35. The van der Waals surface area contributed by atoms with E-state index in [9.17, 15) is 0 Å². The van der Waals surface area contributed by atoms with Crippen LogP contribution in [0.4, 0.5) is 0 Å². The molecule has 1 atom stereocenters. The molecule has 0 saturated carbocycles. The van der Waals surface area contributed by atoms with Crippen LogP contribution < -0.4 is 56.8 Å². The van der Waals surface area contributed by atoms with Crippen molar-refractivity contribution in [1.82, 2.24) is 15.2 Å².